The van der Waals surface area contributed by atoms with Crippen LogP contribution in [0.1, 0.15) is 36.2 Å². The van der Waals surface area contributed by atoms with E-state index >= 15 is 0 Å². The molecule has 0 saturated carbocycles. The van der Waals surface area contributed by atoms with E-state index in [2.05, 4.69) is 27.7 Å². The van der Waals surface area contributed by atoms with E-state index in [1.807, 2.05) is 37.3 Å². The monoisotopic (exact) mass is 400 g/mol. The average molecular weight is 401 g/mol. The van der Waals surface area contributed by atoms with Crippen molar-refractivity contribution >= 4 is 23.3 Å². The minimum atomic E-state index is -0.125. The van der Waals surface area contributed by atoms with Gasteiger partial charge in [0.15, 0.2) is 18.1 Å². The molecule has 2 heterocycles. The van der Waals surface area contributed by atoms with Crippen molar-refractivity contribution in [2.24, 2.45) is 0 Å². The van der Waals surface area contributed by atoms with Crippen LogP contribution in [0, 0.1) is 0 Å². The van der Waals surface area contributed by atoms with Crippen molar-refractivity contribution in [3.8, 4) is 11.5 Å². The van der Waals surface area contributed by atoms with E-state index in [1.54, 1.807) is 18.4 Å². The van der Waals surface area contributed by atoms with Crippen molar-refractivity contribution in [3.05, 3.63) is 52.2 Å². The molecule has 1 saturated heterocycles. The Balaban J connectivity index is 1.55. The van der Waals surface area contributed by atoms with Crippen molar-refractivity contribution in [3.63, 3.8) is 0 Å². The number of amides is 1. The lowest BCUT2D eigenvalue weighted by atomic mass is 10.2. The smallest absolute Gasteiger partial charge is 0.258 e. The zero-order valence-corrected chi connectivity index (χ0v) is 17.3. The third-order valence-corrected chi connectivity index (χ3v) is 5.82. The number of nitrogens with zero attached hydrogens (tertiary/aromatic N) is 1. The molecule has 0 spiro atoms. The highest BCUT2D eigenvalue weighted by Gasteiger charge is 2.24. The maximum Gasteiger partial charge on any atom is 0.258 e. The molecule has 1 unspecified atom stereocenters. The maximum atomic E-state index is 12.4. The molecule has 28 heavy (non-hydrogen) atoms. The molecular weight excluding hydrogens is 372 g/mol. The molecule has 1 amide bonds. The number of allylic oxidation sites excluding steroid dienone is 1. The molecule has 2 aromatic rings. The predicted molar refractivity (Wildman–Crippen MR) is 114 cm³/mol. The first-order valence-electron chi connectivity index (χ1n) is 9.69. The fraction of sp³-hybridized carbons (Fsp3) is 0.409. The molecule has 1 aromatic carbocycles. The van der Waals surface area contributed by atoms with Crippen LogP contribution in [0.5, 0.6) is 11.5 Å². The van der Waals surface area contributed by atoms with Gasteiger partial charge in [-0.3, -0.25) is 9.69 Å². The predicted octanol–water partition coefficient (Wildman–Crippen LogP) is 4.12. The lowest BCUT2D eigenvalue weighted by molar-refractivity contribution is -0.123. The standard InChI is InChI=1S/C22H28N2O3S/c1-3-7-17-9-10-19(20(14-17)26-2)27-16-22(25)23-15-18(21-8-6-13-28-21)24-11-4-5-12-24/h3,6-10,13-14,18H,4-5,11-12,15-16H2,1-2H3,(H,23,25)/b7-3+. The number of hydrogen-bond donors (Lipinski definition) is 1. The van der Waals surface area contributed by atoms with Gasteiger partial charge >= 0.3 is 0 Å². The van der Waals surface area contributed by atoms with Crippen molar-refractivity contribution in [1.82, 2.24) is 10.2 Å². The Kier molecular flexibility index (Phi) is 7.51. The lowest BCUT2D eigenvalue weighted by Crippen LogP contribution is -2.38. The summed E-state index contributed by atoms with van der Waals surface area (Å²) in [6.45, 7) is 4.71. The summed E-state index contributed by atoms with van der Waals surface area (Å²) in [6, 6.07) is 10.1. The fourth-order valence-corrected chi connectivity index (χ4v) is 4.31. The first-order valence-corrected chi connectivity index (χ1v) is 10.6. The highest BCUT2D eigenvalue weighted by Crippen LogP contribution is 2.29. The molecule has 1 N–H and O–H groups in total. The summed E-state index contributed by atoms with van der Waals surface area (Å²) >= 11 is 1.74. The number of methoxy groups -OCH3 is 1. The second-order valence-electron chi connectivity index (χ2n) is 6.78. The normalized spacial score (nSPS) is 15.6. The lowest BCUT2D eigenvalue weighted by Gasteiger charge is -2.26. The summed E-state index contributed by atoms with van der Waals surface area (Å²) < 4.78 is 11.1. The van der Waals surface area contributed by atoms with Crippen molar-refractivity contribution in [1.29, 1.82) is 0 Å². The van der Waals surface area contributed by atoms with Gasteiger partial charge in [0.2, 0.25) is 0 Å². The van der Waals surface area contributed by atoms with Crippen LogP contribution < -0.4 is 14.8 Å². The topological polar surface area (TPSA) is 50.8 Å². The van der Waals surface area contributed by atoms with Crippen LogP contribution in [0.4, 0.5) is 0 Å². The van der Waals surface area contributed by atoms with Gasteiger partial charge in [-0.1, -0.05) is 24.3 Å². The number of thiophene rings is 1. The molecule has 1 aromatic heterocycles. The van der Waals surface area contributed by atoms with Crippen LogP contribution in [0.15, 0.2) is 41.8 Å². The molecule has 0 aliphatic carbocycles. The number of likely N-dealkylation sites (tertiary alicyclic amines) is 1. The van der Waals surface area contributed by atoms with E-state index in [1.165, 1.54) is 17.7 Å². The summed E-state index contributed by atoms with van der Waals surface area (Å²) in [6.07, 6.45) is 6.40. The number of ether oxygens (including phenoxy) is 2. The highest BCUT2D eigenvalue weighted by molar-refractivity contribution is 7.10. The Labute approximate surface area is 171 Å². The summed E-state index contributed by atoms with van der Waals surface area (Å²) in [5, 5.41) is 5.13. The first-order chi connectivity index (χ1) is 13.7. The Morgan fingerprint density at radius 1 is 1.29 bits per heavy atom. The zero-order chi connectivity index (χ0) is 19.8. The van der Waals surface area contributed by atoms with Crippen LogP contribution in [-0.4, -0.2) is 44.2 Å². The maximum absolute atomic E-state index is 12.4. The molecule has 5 nitrogen and oxygen atoms in total. The van der Waals surface area contributed by atoms with Gasteiger partial charge in [0, 0.05) is 11.4 Å². The molecule has 1 atom stereocenters. The van der Waals surface area contributed by atoms with Crippen LogP contribution in [0.25, 0.3) is 6.08 Å². The Hall–Kier alpha value is -2.31. The summed E-state index contributed by atoms with van der Waals surface area (Å²) in [5.74, 6) is 1.07. The molecule has 1 aliphatic rings. The van der Waals surface area contributed by atoms with Crippen LogP contribution in [0.3, 0.4) is 0 Å². The number of rotatable bonds is 9. The Morgan fingerprint density at radius 3 is 2.79 bits per heavy atom. The van der Waals surface area contributed by atoms with E-state index < -0.39 is 0 Å². The van der Waals surface area contributed by atoms with Gasteiger partial charge in [0.05, 0.1) is 13.2 Å². The molecule has 150 valence electrons. The van der Waals surface area contributed by atoms with Crippen molar-refractivity contribution in [2.75, 3.05) is 33.4 Å². The van der Waals surface area contributed by atoms with E-state index in [0.29, 0.717) is 18.0 Å². The number of hydrogen-bond acceptors (Lipinski definition) is 5. The first kappa shape index (κ1) is 20.4. The Morgan fingerprint density at radius 2 is 2.11 bits per heavy atom. The molecule has 3 rings (SSSR count). The average Bonchev–Trinajstić information content (AvgIpc) is 3.42. The number of carbonyl (C=O) groups is 1. The molecule has 6 heteroatoms. The molecule has 1 aliphatic heterocycles. The highest BCUT2D eigenvalue weighted by atomic mass is 32.1. The van der Waals surface area contributed by atoms with Crippen molar-refractivity contribution < 1.29 is 14.3 Å². The zero-order valence-electron chi connectivity index (χ0n) is 16.5. The SMILES string of the molecule is C/C=C/c1ccc(OCC(=O)NCC(c2cccs2)N2CCCC2)c(OC)c1. The van der Waals surface area contributed by atoms with Gasteiger partial charge in [-0.2, -0.15) is 0 Å². The third kappa shape index (κ3) is 5.36. The quantitative estimate of drug-likeness (QED) is 0.688. The van der Waals surface area contributed by atoms with Gasteiger partial charge in [0.25, 0.3) is 5.91 Å². The largest absolute Gasteiger partial charge is 0.493 e. The van der Waals surface area contributed by atoms with Gasteiger partial charge in [-0.15, -0.1) is 11.3 Å². The molecule has 0 bridgehead atoms. The van der Waals surface area contributed by atoms with Crippen molar-refractivity contribution in [2.45, 2.75) is 25.8 Å². The molecular formula is C22H28N2O3S. The van der Waals surface area contributed by atoms with E-state index in [9.17, 15) is 4.79 Å². The molecule has 0 radical (unpaired) electrons. The van der Waals surface area contributed by atoms with E-state index in [4.69, 9.17) is 9.47 Å². The van der Waals surface area contributed by atoms with Crippen LogP contribution in [-0.2, 0) is 4.79 Å². The number of carbonyl (C=O) groups excluding carboxylic acids is 1. The minimum Gasteiger partial charge on any atom is -0.493 e. The summed E-state index contributed by atoms with van der Waals surface area (Å²) in [7, 11) is 1.60. The minimum absolute atomic E-state index is 0.0313. The fourth-order valence-electron chi connectivity index (χ4n) is 3.45. The number of nitrogens with one attached hydrogen (secondary N) is 1. The second-order valence-corrected chi connectivity index (χ2v) is 7.76. The van der Waals surface area contributed by atoms with E-state index in [-0.39, 0.29) is 18.6 Å². The van der Waals surface area contributed by atoms with Crippen LogP contribution in [0.2, 0.25) is 0 Å². The summed E-state index contributed by atoms with van der Waals surface area (Å²) in [5.41, 5.74) is 1.03. The third-order valence-electron chi connectivity index (χ3n) is 4.85. The molecule has 1 fully saturated rings. The second kappa shape index (κ2) is 10.3. The van der Waals surface area contributed by atoms with Crippen LogP contribution >= 0.6 is 11.3 Å². The van der Waals surface area contributed by atoms with Gasteiger partial charge in [-0.05, 0) is 62.0 Å². The van der Waals surface area contributed by atoms with E-state index in [0.717, 1.165) is 18.7 Å². The summed E-state index contributed by atoms with van der Waals surface area (Å²) in [4.78, 5) is 16.1. The van der Waals surface area contributed by atoms with Gasteiger partial charge < -0.3 is 14.8 Å². The number of benzene rings is 1. The van der Waals surface area contributed by atoms with Gasteiger partial charge in [0.1, 0.15) is 0 Å². The Bertz CT molecular complexity index is 783. The van der Waals surface area contributed by atoms with Gasteiger partial charge in [-0.25, -0.2) is 0 Å².